The molecule has 1 saturated heterocycles. The standard InChI is InChI=1S/C20H22F2N2O/c1-15(17-3-2-4-19(22)14-17)23-9-11-24(12-10-23)20(25)13-16-5-7-18(21)8-6-16/h2-8,14-15H,9-13H2,1H3. The van der Waals surface area contributed by atoms with Crippen molar-refractivity contribution in [2.24, 2.45) is 0 Å². The fourth-order valence-electron chi connectivity index (χ4n) is 3.22. The highest BCUT2D eigenvalue weighted by Gasteiger charge is 2.24. The summed E-state index contributed by atoms with van der Waals surface area (Å²) in [5.41, 5.74) is 1.77. The summed E-state index contributed by atoms with van der Waals surface area (Å²) in [5, 5.41) is 0. The van der Waals surface area contributed by atoms with Crippen LogP contribution in [-0.4, -0.2) is 41.9 Å². The molecule has 2 aromatic carbocycles. The fourth-order valence-corrected chi connectivity index (χ4v) is 3.22. The molecule has 1 atom stereocenters. The Bertz CT molecular complexity index is 725. The topological polar surface area (TPSA) is 23.6 Å². The minimum absolute atomic E-state index is 0.0599. The highest BCUT2D eigenvalue weighted by molar-refractivity contribution is 5.78. The third-order valence-electron chi connectivity index (χ3n) is 4.81. The molecule has 0 N–H and O–H groups in total. The molecular weight excluding hydrogens is 322 g/mol. The lowest BCUT2D eigenvalue weighted by Crippen LogP contribution is -2.49. The summed E-state index contributed by atoms with van der Waals surface area (Å²) in [4.78, 5) is 16.5. The van der Waals surface area contributed by atoms with E-state index in [4.69, 9.17) is 0 Å². The zero-order valence-corrected chi connectivity index (χ0v) is 14.3. The second kappa shape index (κ2) is 7.74. The average molecular weight is 344 g/mol. The molecule has 1 heterocycles. The van der Waals surface area contributed by atoms with Gasteiger partial charge in [-0.15, -0.1) is 0 Å². The molecule has 1 aliphatic rings. The van der Waals surface area contributed by atoms with Crippen molar-refractivity contribution in [3.63, 3.8) is 0 Å². The zero-order chi connectivity index (χ0) is 17.8. The monoisotopic (exact) mass is 344 g/mol. The van der Waals surface area contributed by atoms with Crippen LogP contribution in [0.25, 0.3) is 0 Å². The van der Waals surface area contributed by atoms with Crippen LogP contribution in [0, 0.1) is 11.6 Å². The van der Waals surface area contributed by atoms with Crippen molar-refractivity contribution in [1.29, 1.82) is 0 Å². The molecule has 0 bridgehead atoms. The van der Waals surface area contributed by atoms with Gasteiger partial charge in [0.25, 0.3) is 0 Å². The quantitative estimate of drug-likeness (QED) is 0.849. The number of hydrogen-bond donors (Lipinski definition) is 0. The van der Waals surface area contributed by atoms with E-state index in [0.29, 0.717) is 19.5 Å². The van der Waals surface area contributed by atoms with E-state index in [0.717, 1.165) is 24.2 Å². The van der Waals surface area contributed by atoms with Gasteiger partial charge in [-0.1, -0.05) is 24.3 Å². The van der Waals surface area contributed by atoms with Gasteiger partial charge in [0, 0.05) is 32.2 Å². The predicted octanol–water partition coefficient (Wildman–Crippen LogP) is 3.41. The number of carbonyl (C=O) groups is 1. The Morgan fingerprint density at radius 3 is 2.32 bits per heavy atom. The number of piperazine rings is 1. The molecule has 0 spiro atoms. The van der Waals surface area contributed by atoms with E-state index in [9.17, 15) is 13.6 Å². The molecule has 3 nitrogen and oxygen atoms in total. The van der Waals surface area contributed by atoms with Crippen molar-refractivity contribution in [2.75, 3.05) is 26.2 Å². The number of benzene rings is 2. The van der Waals surface area contributed by atoms with Gasteiger partial charge in [-0.3, -0.25) is 9.69 Å². The number of rotatable bonds is 4. The maximum Gasteiger partial charge on any atom is 0.227 e. The molecule has 132 valence electrons. The van der Waals surface area contributed by atoms with Crippen LogP contribution in [0.2, 0.25) is 0 Å². The molecule has 1 amide bonds. The molecule has 1 unspecified atom stereocenters. The summed E-state index contributed by atoms with van der Waals surface area (Å²) in [6, 6.07) is 12.8. The van der Waals surface area contributed by atoms with E-state index in [-0.39, 0.29) is 23.6 Å². The lowest BCUT2D eigenvalue weighted by molar-refractivity contribution is -0.132. The van der Waals surface area contributed by atoms with Crippen LogP contribution in [0.4, 0.5) is 8.78 Å². The lowest BCUT2D eigenvalue weighted by atomic mass is 10.1. The first kappa shape index (κ1) is 17.5. The first-order valence-corrected chi connectivity index (χ1v) is 8.54. The smallest absolute Gasteiger partial charge is 0.227 e. The number of carbonyl (C=O) groups excluding carboxylic acids is 1. The number of hydrogen-bond acceptors (Lipinski definition) is 2. The van der Waals surface area contributed by atoms with Crippen LogP contribution in [0.1, 0.15) is 24.1 Å². The molecule has 1 fully saturated rings. The van der Waals surface area contributed by atoms with Crippen molar-refractivity contribution >= 4 is 5.91 Å². The summed E-state index contributed by atoms with van der Waals surface area (Å²) in [6.45, 7) is 4.88. The first-order valence-electron chi connectivity index (χ1n) is 8.54. The summed E-state index contributed by atoms with van der Waals surface area (Å²) >= 11 is 0. The van der Waals surface area contributed by atoms with Crippen LogP contribution < -0.4 is 0 Å². The Morgan fingerprint density at radius 1 is 1.00 bits per heavy atom. The molecule has 0 aromatic heterocycles. The summed E-state index contributed by atoms with van der Waals surface area (Å²) in [7, 11) is 0. The minimum atomic E-state index is -0.295. The van der Waals surface area contributed by atoms with E-state index in [1.807, 2.05) is 11.0 Å². The van der Waals surface area contributed by atoms with E-state index >= 15 is 0 Å². The van der Waals surface area contributed by atoms with Crippen LogP contribution in [0.3, 0.4) is 0 Å². The summed E-state index contributed by atoms with van der Waals surface area (Å²) in [6.07, 6.45) is 0.291. The van der Waals surface area contributed by atoms with Crippen LogP contribution in [0.15, 0.2) is 48.5 Å². The largest absolute Gasteiger partial charge is 0.340 e. The van der Waals surface area contributed by atoms with Crippen molar-refractivity contribution in [2.45, 2.75) is 19.4 Å². The van der Waals surface area contributed by atoms with E-state index < -0.39 is 0 Å². The zero-order valence-electron chi connectivity index (χ0n) is 14.3. The van der Waals surface area contributed by atoms with Gasteiger partial charge in [0.15, 0.2) is 0 Å². The van der Waals surface area contributed by atoms with Gasteiger partial charge in [-0.2, -0.15) is 0 Å². The molecule has 25 heavy (non-hydrogen) atoms. The SMILES string of the molecule is CC(c1cccc(F)c1)N1CCN(C(=O)Cc2ccc(F)cc2)CC1. The van der Waals surface area contributed by atoms with E-state index in [1.165, 1.54) is 18.2 Å². The third kappa shape index (κ3) is 4.42. The normalized spacial score (nSPS) is 16.7. The van der Waals surface area contributed by atoms with Gasteiger partial charge < -0.3 is 4.90 Å². The predicted molar refractivity (Wildman–Crippen MR) is 93.1 cm³/mol. The maximum absolute atomic E-state index is 13.4. The van der Waals surface area contributed by atoms with E-state index in [1.54, 1.807) is 24.3 Å². The van der Waals surface area contributed by atoms with Crippen molar-refractivity contribution in [3.05, 3.63) is 71.3 Å². The average Bonchev–Trinajstić information content (AvgIpc) is 2.63. The molecule has 0 aliphatic carbocycles. The van der Waals surface area contributed by atoms with Gasteiger partial charge >= 0.3 is 0 Å². The van der Waals surface area contributed by atoms with Crippen molar-refractivity contribution < 1.29 is 13.6 Å². The lowest BCUT2D eigenvalue weighted by Gasteiger charge is -2.38. The maximum atomic E-state index is 13.4. The van der Waals surface area contributed by atoms with Gasteiger partial charge in [0.2, 0.25) is 5.91 Å². The molecule has 2 aromatic rings. The number of nitrogens with zero attached hydrogens (tertiary/aromatic N) is 2. The molecule has 0 radical (unpaired) electrons. The third-order valence-corrected chi connectivity index (χ3v) is 4.81. The van der Waals surface area contributed by atoms with Crippen LogP contribution in [0.5, 0.6) is 0 Å². The van der Waals surface area contributed by atoms with Gasteiger partial charge in [-0.25, -0.2) is 8.78 Å². The Kier molecular flexibility index (Phi) is 5.43. The van der Waals surface area contributed by atoms with Crippen molar-refractivity contribution in [3.8, 4) is 0 Å². The van der Waals surface area contributed by atoms with Crippen LogP contribution in [-0.2, 0) is 11.2 Å². The Labute approximate surface area is 146 Å². The van der Waals surface area contributed by atoms with Gasteiger partial charge in [0.05, 0.1) is 6.42 Å². The minimum Gasteiger partial charge on any atom is -0.340 e. The second-order valence-electron chi connectivity index (χ2n) is 6.45. The summed E-state index contributed by atoms with van der Waals surface area (Å²) in [5.74, 6) is -0.460. The molecule has 0 saturated carbocycles. The fraction of sp³-hybridized carbons (Fsp3) is 0.350. The van der Waals surface area contributed by atoms with Crippen LogP contribution >= 0.6 is 0 Å². The second-order valence-corrected chi connectivity index (χ2v) is 6.45. The Balaban J connectivity index is 1.54. The number of halogens is 2. The Morgan fingerprint density at radius 2 is 1.68 bits per heavy atom. The molecular formula is C20H22F2N2O. The Hall–Kier alpha value is -2.27. The van der Waals surface area contributed by atoms with Gasteiger partial charge in [-0.05, 0) is 42.3 Å². The van der Waals surface area contributed by atoms with E-state index in [2.05, 4.69) is 11.8 Å². The molecule has 3 rings (SSSR count). The molecule has 5 heteroatoms. The summed E-state index contributed by atoms with van der Waals surface area (Å²) < 4.78 is 26.3. The van der Waals surface area contributed by atoms with Gasteiger partial charge in [0.1, 0.15) is 11.6 Å². The van der Waals surface area contributed by atoms with Crippen molar-refractivity contribution in [1.82, 2.24) is 9.80 Å². The first-order chi connectivity index (χ1) is 12.0. The number of amides is 1. The molecule has 1 aliphatic heterocycles. The highest BCUT2D eigenvalue weighted by atomic mass is 19.1. The highest BCUT2D eigenvalue weighted by Crippen LogP contribution is 2.22.